The van der Waals surface area contributed by atoms with Crippen molar-refractivity contribution in [3.05, 3.63) is 65.2 Å². The van der Waals surface area contributed by atoms with Gasteiger partial charge in [-0.1, -0.05) is 12.1 Å². The van der Waals surface area contributed by atoms with Crippen LogP contribution in [-0.4, -0.2) is 12.6 Å². The van der Waals surface area contributed by atoms with Crippen LogP contribution in [0.5, 0.6) is 5.75 Å². The zero-order chi connectivity index (χ0) is 15.2. The highest BCUT2D eigenvalue weighted by molar-refractivity contribution is 5.89. The third kappa shape index (κ3) is 3.78. The average molecular weight is 292 g/mol. The number of hydrogen-bond donors (Lipinski definition) is 0. The van der Waals surface area contributed by atoms with Crippen LogP contribution in [0.4, 0.5) is 8.78 Å². The number of benzene rings is 2. The average Bonchev–Trinajstić information content (AvgIpc) is 2.49. The van der Waals surface area contributed by atoms with E-state index >= 15 is 0 Å². The lowest BCUT2D eigenvalue weighted by Crippen LogP contribution is -2.04. The van der Waals surface area contributed by atoms with E-state index in [2.05, 4.69) is 0 Å². The van der Waals surface area contributed by atoms with E-state index in [0.29, 0.717) is 17.9 Å². The van der Waals surface area contributed by atoms with Crippen molar-refractivity contribution >= 4 is 5.97 Å². The topological polar surface area (TPSA) is 35.5 Å². The van der Waals surface area contributed by atoms with Gasteiger partial charge in [0.05, 0.1) is 12.2 Å². The van der Waals surface area contributed by atoms with Gasteiger partial charge in [-0.15, -0.1) is 0 Å². The standard InChI is InChI=1S/C16H14F2O3/c1-2-20-16(19)11-6-8-13(9-7-11)21-10-12-4-3-5-14(17)15(12)18/h3-9H,2,10H2,1H3. The van der Waals surface area contributed by atoms with Crippen molar-refractivity contribution in [1.82, 2.24) is 0 Å². The first-order valence-electron chi connectivity index (χ1n) is 6.44. The van der Waals surface area contributed by atoms with Crippen LogP contribution in [0.25, 0.3) is 0 Å². The molecule has 21 heavy (non-hydrogen) atoms. The SMILES string of the molecule is CCOC(=O)c1ccc(OCc2cccc(F)c2F)cc1. The molecule has 2 aromatic rings. The minimum Gasteiger partial charge on any atom is -0.489 e. The Kier molecular flexibility index (Phi) is 4.87. The van der Waals surface area contributed by atoms with E-state index in [-0.39, 0.29) is 12.2 Å². The van der Waals surface area contributed by atoms with Crippen LogP contribution >= 0.6 is 0 Å². The number of halogens is 2. The summed E-state index contributed by atoms with van der Waals surface area (Å²) in [5.41, 5.74) is 0.533. The van der Waals surface area contributed by atoms with Crippen LogP contribution in [-0.2, 0) is 11.3 Å². The molecule has 5 heteroatoms. The molecule has 0 fully saturated rings. The molecule has 0 saturated carbocycles. The highest BCUT2D eigenvalue weighted by Crippen LogP contribution is 2.17. The van der Waals surface area contributed by atoms with Crippen molar-refractivity contribution in [2.24, 2.45) is 0 Å². The third-order valence-electron chi connectivity index (χ3n) is 2.79. The maximum absolute atomic E-state index is 13.4. The first-order chi connectivity index (χ1) is 10.1. The number of esters is 1. The van der Waals surface area contributed by atoms with Gasteiger partial charge in [-0.25, -0.2) is 13.6 Å². The van der Waals surface area contributed by atoms with Crippen molar-refractivity contribution in [2.75, 3.05) is 6.61 Å². The summed E-state index contributed by atoms with van der Waals surface area (Å²) >= 11 is 0. The van der Waals surface area contributed by atoms with E-state index in [1.54, 1.807) is 31.2 Å². The summed E-state index contributed by atoms with van der Waals surface area (Å²) in [6.07, 6.45) is 0. The van der Waals surface area contributed by atoms with Gasteiger partial charge < -0.3 is 9.47 Å². The smallest absolute Gasteiger partial charge is 0.338 e. The summed E-state index contributed by atoms with van der Waals surface area (Å²) in [6, 6.07) is 10.2. The molecule has 0 aliphatic heterocycles. The van der Waals surface area contributed by atoms with Crippen LogP contribution in [0.15, 0.2) is 42.5 Å². The Labute approximate surface area is 121 Å². The van der Waals surface area contributed by atoms with Crippen LogP contribution in [0.1, 0.15) is 22.8 Å². The summed E-state index contributed by atoms with van der Waals surface area (Å²) < 4.78 is 36.7. The van der Waals surface area contributed by atoms with Crippen LogP contribution in [0.2, 0.25) is 0 Å². The van der Waals surface area contributed by atoms with Gasteiger partial charge in [0.15, 0.2) is 11.6 Å². The van der Waals surface area contributed by atoms with Gasteiger partial charge in [-0.05, 0) is 37.3 Å². The van der Waals surface area contributed by atoms with Gasteiger partial charge in [0.2, 0.25) is 0 Å². The number of ether oxygens (including phenoxy) is 2. The van der Waals surface area contributed by atoms with Gasteiger partial charge in [-0.2, -0.15) is 0 Å². The summed E-state index contributed by atoms with van der Waals surface area (Å²) in [5.74, 6) is -1.79. The van der Waals surface area contributed by atoms with Crippen molar-refractivity contribution in [2.45, 2.75) is 13.5 Å². The molecule has 0 aliphatic carbocycles. The molecule has 0 unspecified atom stereocenters. The molecule has 0 atom stereocenters. The second kappa shape index (κ2) is 6.83. The molecular weight excluding hydrogens is 278 g/mol. The summed E-state index contributed by atoms with van der Waals surface area (Å²) in [7, 11) is 0. The molecule has 2 aromatic carbocycles. The fourth-order valence-electron chi connectivity index (χ4n) is 1.72. The normalized spacial score (nSPS) is 10.2. The Hall–Kier alpha value is -2.43. The Morgan fingerprint density at radius 3 is 2.48 bits per heavy atom. The van der Waals surface area contributed by atoms with Gasteiger partial charge >= 0.3 is 5.97 Å². The fraction of sp³-hybridized carbons (Fsp3) is 0.188. The van der Waals surface area contributed by atoms with E-state index in [4.69, 9.17) is 9.47 Å². The molecule has 3 nitrogen and oxygen atoms in total. The number of carbonyl (C=O) groups excluding carboxylic acids is 1. The first kappa shape index (κ1) is 15.0. The maximum atomic E-state index is 13.4. The Balaban J connectivity index is 2.01. The molecule has 0 amide bonds. The molecule has 0 N–H and O–H groups in total. The maximum Gasteiger partial charge on any atom is 0.338 e. The lowest BCUT2D eigenvalue weighted by molar-refractivity contribution is 0.0526. The second-order valence-corrected chi connectivity index (χ2v) is 4.25. The Morgan fingerprint density at radius 2 is 1.81 bits per heavy atom. The van der Waals surface area contributed by atoms with E-state index in [0.717, 1.165) is 6.07 Å². The van der Waals surface area contributed by atoms with E-state index in [1.807, 2.05) is 0 Å². The Morgan fingerprint density at radius 1 is 1.10 bits per heavy atom. The van der Waals surface area contributed by atoms with E-state index in [1.165, 1.54) is 12.1 Å². The van der Waals surface area contributed by atoms with Crippen LogP contribution < -0.4 is 4.74 Å². The van der Waals surface area contributed by atoms with Gasteiger partial charge in [0.25, 0.3) is 0 Å². The van der Waals surface area contributed by atoms with Crippen molar-refractivity contribution in [3.8, 4) is 5.75 Å². The highest BCUT2D eigenvalue weighted by Gasteiger charge is 2.09. The quantitative estimate of drug-likeness (QED) is 0.788. The van der Waals surface area contributed by atoms with Gasteiger partial charge in [0, 0.05) is 5.56 Å². The minimum absolute atomic E-state index is 0.0949. The van der Waals surface area contributed by atoms with E-state index < -0.39 is 17.6 Å². The molecule has 0 heterocycles. The molecule has 2 rings (SSSR count). The predicted molar refractivity (Wildman–Crippen MR) is 73.1 cm³/mol. The fourth-order valence-corrected chi connectivity index (χ4v) is 1.72. The summed E-state index contributed by atoms with van der Waals surface area (Å²) in [6.45, 7) is 1.93. The first-order valence-corrected chi connectivity index (χ1v) is 6.44. The lowest BCUT2D eigenvalue weighted by atomic mass is 10.2. The zero-order valence-corrected chi connectivity index (χ0v) is 11.4. The number of rotatable bonds is 5. The lowest BCUT2D eigenvalue weighted by Gasteiger charge is -2.08. The third-order valence-corrected chi connectivity index (χ3v) is 2.79. The zero-order valence-electron chi connectivity index (χ0n) is 11.4. The van der Waals surface area contributed by atoms with E-state index in [9.17, 15) is 13.6 Å². The molecule has 0 spiro atoms. The molecule has 110 valence electrons. The van der Waals surface area contributed by atoms with Crippen LogP contribution in [0, 0.1) is 11.6 Å². The van der Waals surface area contributed by atoms with Gasteiger partial charge in [0.1, 0.15) is 12.4 Å². The van der Waals surface area contributed by atoms with Crippen molar-refractivity contribution < 1.29 is 23.0 Å². The molecule has 0 aromatic heterocycles. The molecular formula is C16H14F2O3. The van der Waals surface area contributed by atoms with Gasteiger partial charge in [-0.3, -0.25) is 0 Å². The largest absolute Gasteiger partial charge is 0.489 e. The summed E-state index contributed by atoms with van der Waals surface area (Å²) in [5, 5.41) is 0. The number of hydrogen-bond acceptors (Lipinski definition) is 3. The Bertz CT molecular complexity index is 624. The number of carbonyl (C=O) groups is 1. The highest BCUT2D eigenvalue weighted by atomic mass is 19.2. The summed E-state index contributed by atoms with van der Waals surface area (Å²) in [4.78, 5) is 11.5. The molecule has 0 aliphatic rings. The minimum atomic E-state index is -0.916. The molecule has 0 saturated heterocycles. The second-order valence-electron chi connectivity index (χ2n) is 4.25. The molecule has 0 radical (unpaired) electrons. The molecule has 0 bridgehead atoms. The predicted octanol–water partition coefficient (Wildman–Crippen LogP) is 3.72. The monoisotopic (exact) mass is 292 g/mol. The van der Waals surface area contributed by atoms with Crippen LogP contribution in [0.3, 0.4) is 0 Å². The van der Waals surface area contributed by atoms with Crippen molar-refractivity contribution in [3.63, 3.8) is 0 Å². The van der Waals surface area contributed by atoms with Crippen molar-refractivity contribution in [1.29, 1.82) is 0 Å².